The molecule has 0 amide bonds. The Morgan fingerprint density at radius 3 is 1.42 bits per heavy atom. The molecule has 0 atom stereocenters. The number of piperidine rings is 1. The van der Waals surface area contributed by atoms with E-state index in [1.54, 1.807) is 38.3 Å². The zero-order chi connectivity index (χ0) is 69.7. The summed E-state index contributed by atoms with van der Waals surface area (Å²) in [6.45, 7) is 70.8. The molecule has 0 radical (unpaired) electrons. The van der Waals surface area contributed by atoms with E-state index in [2.05, 4.69) is 188 Å². The number of benzene rings is 1. The van der Waals surface area contributed by atoms with Crippen molar-refractivity contribution in [2.24, 2.45) is 11.8 Å². The lowest BCUT2D eigenvalue weighted by Crippen LogP contribution is -2.32. The third-order valence-electron chi connectivity index (χ3n) is 12.9. The van der Waals surface area contributed by atoms with Crippen molar-refractivity contribution in [2.45, 2.75) is 283 Å². The summed E-state index contributed by atoms with van der Waals surface area (Å²) in [7, 11) is 2.22. The van der Waals surface area contributed by atoms with Gasteiger partial charge in [0.05, 0.1) is 30.8 Å². The van der Waals surface area contributed by atoms with Gasteiger partial charge in [0.25, 0.3) is 5.56 Å². The largest absolute Gasteiger partial charge is 0.472 e. The van der Waals surface area contributed by atoms with Gasteiger partial charge in [-0.2, -0.15) is 0 Å². The van der Waals surface area contributed by atoms with E-state index in [9.17, 15) is 4.79 Å². The zero-order valence-electron chi connectivity index (χ0n) is 63.1. The number of nitrogens with one attached hydrogen (secondary N) is 2. The highest BCUT2D eigenvalue weighted by Gasteiger charge is 2.19. The molecule has 506 valence electrons. The molecule has 6 aromatic heterocycles. The van der Waals surface area contributed by atoms with E-state index in [4.69, 9.17) is 14.6 Å². The number of anilines is 1. The average Bonchev–Trinajstić information content (AvgIpc) is 4.52. The Morgan fingerprint density at radius 2 is 1.12 bits per heavy atom. The molecular weight excluding hydrogens is 1090 g/mol. The number of nitrogen functional groups attached to an aromatic ring is 1. The maximum absolute atomic E-state index is 11.4. The van der Waals surface area contributed by atoms with Gasteiger partial charge in [0.2, 0.25) is 0 Å². The second kappa shape index (κ2) is 58.7. The molecule has 12 nitrogen and oxygen atoms in total. The number of aromatic nitrogens is 6. The van der Waals surface area contributed by atoms with Crippen molar-refractivity contribution < 1.29 is 13.4 Å². The second-order valence-corrected chi connectivity index (χ2v) is 22.4. The molecule has 1 saturated heterocycles. The number of aryl methyl sites for hydroxylation is 5. The summed E-state index contributed by atoms with van der Waals surface area (Å²) >= 11 is 0. The lowest BCUT2D eigenvalue weighted by molar-refractivity contribution is 0.185. The summed E-state index contributed by atoms with van der Waals surface area (Å²) in [4.78, 5) is 31.9. The van der Waals surface area contributed by atoms with Crippen LogP contribution in [0.3, 0.4) is 0 Å². The van der Waals surface area contributed by atoms with Crippen molar-refractivity contribution in [1.29, 1.82) is 0 Å². The predicted molar refractivity (Wildman–Crippen MR) is 388 cm³/mol. The van der Waals surface area contributed by atoms with Crippen molar-refractivity contribution in [2.75, 3.05) is 25.9 Å². The quantitative estimate of drug-likeness (QED) is 0.133. The standard InChI is InChI=1S/C10H16N2.C10H14.C9H14N2O.C9H19N.2C7H10O.C6H10N2.C6H9NO.6C2H6/c1-6(2)9-7(3)5-8(4)12-10(9)11;1-8(2)10-7-5-4-6-9(10)3;1-5(2)8-6(3)10-7(4)11-9(8)12;1-8(2)9-4-6-10(3)7-5-9;1-6(2)7-3-4-8-5-7;1-6(2)7-4-3-5-8-7;1-5(2)6-3-7-4-8-6;1-5(2)6-3-4-8-7-6;6*1-2/h5-6H,1-4H3,(H2,11,12);4-8H,1-3H3;5H,1-4H3,(H,10,11,12);8-9H,4-7H2,1-3H3;2*3-6H,1-2H3;3-5H,1-2H3,(H,7,8);3-5H,1-2H3;6*1-2H3. The van der Waals surface area contributed by atoms with Crippen LogP contribution in [-0.2, 0) is 0 Å². The SMILES string of the molecule is CC.CC.CC.CC.CC.CC.CC(C)C1CCN(C)CC1.CC(C)c1ccco1.CC(C)c1ccoc1.CC(C)c1ccon1.CC(C)c1cnc[nH]1.Cc1cc(C)c(C(C)C)c(N)n1.Cc1ccccc1C(C)C.Cc1nc(C)c(C(C)C)c(=O)[nH]1. The maximum Gasteiger partial charge on any atom is 0.254 e. The van der Waals surface area contributed by atoms with Gasteiger partial charge in [-0.1, -0.05) is 223 Å². The number of furan rings is 2. The Hall–Kier alpha value is -6.01. The molecule has 0 saturated carbocycles. The molecule has 8 rings (SSSR count). The van der Waals surface area contributed by atoms with Crippen molar-refractivity contribution in [3.63, 3.8) is 0 Å². The molecule has 7 aromatic rings. The highest BCUT2D eigenvalue weighted by molar-refractivity contribution is 5.47. The first-order valence-electron chi connectivity index (χ1n) is 33.7. The first-order valence-corrected chi connectivity index (χ1v) is 33.7. The van der Waals surface area contributed by atoms with Gasteiger partial charge in [0.1, 0.15) is 23.7 Å². The van der Waals surface area contributed by atoms with E-state index in [1.165, 1.54) is 59.4 Å². The van der Waals surface area contributed by atoms with Gasteiger partial charge >= 0.3 is 0 Å². The van der Waals surface area contributed by atoms with Crippen LogP contribution in [0.5, 0.6) is 0 Å². The lowest BCUT2D eigenvalue weighted by Gasteiger charge is -2.31. The van der Waals surface area contributed by atoms with Crippen LogP contribution in [0.2, 0.25) is 0 Å². The van der Waals surface area contributed by atoms with Crippen LogP contribution >= 0.6 is 0 Å². The van der Waals surface area contributed by atoms with E-state index in [0.717, 1.165) is 40.2 Å². The Bertz CT molecular complexity index is 2390. The third-order valence-corrected chi connectivity index (χ3v) is 12.9. The summed E-state index contributed by atoms with van der Waals surface area (Å²) < 4.78 is 14.6. The molecular formula is C76H138N8O4. The first kappa shape index (κ1) is 93.1. The number of pyridine rings is 1. The molecule has 7 heterocycles. The van der Waals surface area contributed by atoms with Gasteiger partial charge in [-0.15, -0.1) is 0 Å². The van der Waals surface area contributed by atoms with Crippen LogP contribution in [0.15, 0.2) is 110 Å². The van der Waals surface area contributed by atoms with E-state index >= 15 is 0 Å². The normalized spacial score (nSPS) is 11.0. The van der Waals surface area contributed by atoms with Crippen LogP contribution in [-0.4, -0.2) is 55.1 Å². The van der Waals surface area contributed by atoms with Crippen molar-refractivity contribution in [3.05, 3.63) is 170 Å². The second-order valence-electron chi connectivity index (χ2n) is 22.4. The number of likely N-dealkylation sites (tertiary alicyclic amines) is 1. The fraction of sp³-hybridized carbons (Fsp3) is 0.618. The van der Waals surface area contributed by atoms with E-state index in [0.29, 0.717) is 47.1 Å². The predicted octanol–water partition coefficient (Wildman–Crippen LogP) is 23.3. The number of imidazole rings is 1. The van der Waals surface area contributed by atoms with E-state index in [-0.39, 0.29) is 11.5 Å². The minimum atomic E-state index is -0.00463. The lowest BCUT2D eigenvalue weighted by atomic mass is 9.87. The molecule has 0 unspecified atom stereocenters. The monoisotopic (exact) mass is 1230 g/mol. The van der Waals surface area contributed by atoms with E-state index < -0.39 is 0 Å². The van der Waals surface area contributed by atoms with E-state index in [1.807, 2.05) is 141 Å². The van der Waals surface area contributed by atoms with Gasteiger partial charge in [0, 0.05) is 40.8 Å². The van der Waals surface area contributed by atoms with Crippen molar-refractivity contribution >= 4 is 5.82 Å². The van der Waals surface area contributed by atoms with Crippen LogP contribution < -0.4 is 11.3 Å². The van der Waals surface area contributed by atoms with Crippen LogP contribution in [0, 0.1) is 46.5 Å². The molecule has 1 fully saturated rings. The summed E-state index contributed by atoms with van der Waals surface area (Å²) in [5.74, 6) is 7.82. The van der Waals surface area contributed by atoms with Gasteiger partial charge in [-0.3, -0.25) is 4.79 Å². The maximum atomic E-state index is 11.4. The topological polar surface area (TPSA) is 169 Å². The third kappa shape index (κ3) is 43.6. The first-order chi connectivity index (χ1) is 41.7. The summed E-state index contributed by atoms with van der Waals surface area (Å²) in [6.07, 6.45) is 13.2. The number of hydrogen-bond donors (Lipinski definition) is 3. The number of nitrogens with two attached hydrogens (primary N) is 1. The highest BCUT2D eigenvalue weighted by atomic mass is 16.5. The molecule has 1 aliphatic heterocycles. The number of rotatable bonds is 8. The Balaban J connectivity index is -0.000000214. The summed E-state index contributed by atoms with van der Waals surface area (Å²) in [6, 6.07) is 18.4. The summed E-state index contributed by atoms with van der Waals surface area (Å²) in [5.41, 5.74) is 17.2. The highest BCUT2D eigenvalue weighted by Crippen LogP contribution is 2.25. The molecule has 0 spiro atoms. The molecule has 1 aromatic carbocycles. The van der Waals surface area contributed by atoms with Gasteiger partial charge in [-0.05, 0) is 167 Å². The van der Waals surface area contributed by atoms with Crippen molar-refractivity contribution in [1.82, 2.24) is 35.0 Å². The van der Waals surface area contributed by atoms with Crippen LogP contribution in [0.25, 0.3) is 0 Å². The van der Waals surface area contributed by atoms with Gasteiger partial charge < -0.3 is 34.0 Å². The number of H-pyrrole nitrogens is 2. The summed E-state index contributed by atoms with van der Waals surface area (Å²) in [5, 5.41) is 3.74. The average molecular weight is 1230 g/mol. The molecule has 1 aliphatic rings. The van der Waals surface area contributed by atoms with Crippen LogP contribution in [0.4, 0.5) is 5.82 Å². The molecule has 88 heavy (non-hydrogen) atoms. The minimum absolute atomic E-state index is 0.00463. The Morgan fingerprint density at radius 1 is 0.580 bits per heavy atom. The van der Waals surface area contributed by atoms with Gasteiger partial charge in [0.15, 0.2) is 0 Å². The zero-order valence-corrected chi connectivity index (χ0v) is 63.1. The number of aromatic amines is 2. The molecule has 12 heteroatoms. The fourth-order valence-corrected chi connectivity index (χ4v) is 8.30. The molecule has 0 aliphatic carbocycles. The molecule has 4 N–H and O–H groups in total. The van der Waals surface area contributed by atoms with Crippen molar-refractivity contribution in [3.8, 4) is 0 Å². The van der Waals surface area contributed by atoms with Gasteiger partial charge in [-0.25, -0.2) is 15.0 Å². The Labute approximate surface area is 542 Å². The Kier molecular flexibility index (Phi) is 62.1. The fourth-order valence-electron chi connectivity index (χ4n) is 8.30. The molecule has 0 bridgehead atoms. The minimum Gasteiger partial charge on any atom is -0.472 e. The van der Waals surface area contributed by atoms with Crippen LogP contribution in [0.1, 0.15) is 316 Å². The number of hydrogen-bond acceptors (Lipinski definition) is 10. The number of nitrogens with zero attached hydrogens (tertiary/aromatic N) is 5. The smallest absolute Gasteiger partial charge is 0.254 e.